The van der Waals surface area contributed by atoms with Crippen LogP contribution in [0.2, 0.25) is 0 Å². The van der Waals surface area contributed by atoms with E-state index in [1.165, 1.54) is 38.5 Å². The molecule has 128 valence electrons. The SMILES string of the molecule is CC(C)(C)OC(=O)NC1CCC(NCCCC2CCCC2)C1. The van der Waals surface area contributed by atoms with Gasteiger partial charge in [0.05, 0.1) is 0 Å². The van der Waals surface area contributed by atoms with E-state index < -0.39 is 5.60 Å². The second-order valence-corrected chi connectivity index (χ2v) is 8.10. The Hall–Kier alpha value is -0.770. The van der Waals surface area contributed by atoms with Gasteiger partial charge in [-0.3, -0.25) is 0 Å². The zero-order valence-electron chi connectivity index (χ0n) is 14.6. The van der Waals surface area contributed by atoms with Gasteiger partial charge in [0.25, 0.3) is 0 Å². The molecule has 2 atom stereocenters. The van der Waals surface area contributed by atoms with Gasteiger partial charge in [0.2, 0.25) is 0 Å². The second-order valence-electron chi connectivity index (χ2n) is 8.10. The first-order valence-corrected chi connectivity index (χ1v) is 9.15. The monoisotopic (exact) mass is 310 g/mol. The molecule has 4 nitrogen and oxygen atoms in total. The van der Waals surface area contributed by atoms with Crippen LogP contribution in [0.1, 0.15) is 78.6 Å². The molecule has 0 saturated heterocycles. The summed E-state index contributed by atoms with van der Waals surface area (Å²) >= 11 is 0. The van der Waals surface area contributed by atoms with Crippen LogP contribution in [-0.4, -0.2) is 30.3 Å². The van der Waals surface area contributed by atoms with Crippen molar-refractivity contribution in [2.45, 2.75) is 96.2 Å². The predicted molar refractivity (Wildman–Crippen MR) is 90.0 cm³/mol. The Morgan fingerprint density at radius 3 is 2.45 bits per heavy atom. The van der Waals surface area contributed by atoms with Crippen LogP contribution in [0.4, 0.5) is 4.79 Å². The summed E-state index contributed by atoms with van der Waals surface area (Å²) in [5.41, 5.74) is -0.416. The zero-order chi connectivity index (χ0) is 16.0. The Labute approximate surface area is 135 Å². The maximum Gasteiger partial charge on any atom is 0.407 e. The summed E-state index contributed by atoms with van der Waals surface area (Å²) in [5.74, 6) is 0.993. The average Bonchev–Trinajstić information content (AvgIpc) is 3.04. The Morgan fingerprint density at radius 1 is 1.09 bits per heavy atom. The van der Waals surface area contributed by atoms with Gasteiger partial charge in [0.1, 0.15) is 5.60 Å². The van der Waals surface area contributed by atoms with Crippen molar-refractivity contribution < 1.29 is 9.53 Å². The molecule has 0 radical (unpaired) electrons. The van der Waals surface area contributed by atoms with Gasteiger partial charge in [0, 0.05) is 12.1 Å². The largest absolute Gasteiger partial charge is 0.444 e. The second kappa shape index (κ2) is 8.19. The van der Waals surface area contributed by atoms with Crippen molar-refractivity contribution in [1.82, 2.24) is 10.6 Å². The number of nitrogens with one attached hydrogen (secondary N) is 2. The van der Waals surface area contributed by atoms with Crippen LogP contribution in [0.5, 0.6) is 0 Å². The van der Waals surface area contributed by atoms with E-state index >= 15 is 0 Å². The molecule has 22 heavy (non-hydrogen) atoms. The summed E-state index contributed by atoms with van der Waals surface area (Å²) in [5, 5.41) is 6.66. The van der Waals surface area contributed by atoms with Crippen LogP contribution >= 0.6 is 0 Å². The molecule has 2 unspecified atom stereocenters. The molecular weight excluding hydrogens is 276 g/mol. The van der Waals surface area contributed by atoms with E-state index in [-0.39, 0.29) is 12.1 Å². The first kappa shape index (κ1) is 17.6. The molecule has 0 spiro atoms. The highest BCUT2D eigenvalue weighted by Crippen LogP contribution is 2.28. The minimum absolute atomic E-state index is 0.266. The lowest BCUT2D eigenvalue weighted by atomic mass is 10.0. The molecule has 4 heteroatoms. The van der Waals surface area contributed by atoms with E-state index in [1.54, 1.807) is 0 Å². The first-order chi connectivity index (χ1) is 10.4. The van der Waals surface area contributed by atoms with Crippen molar-refractivity contribution in [3.63, 3.8) is 0 Å². The number of hydrogen-bond acceptors (Lipinski definition) is 3. The fourth-order valence-electron chi connectivity index (χ4n) is 3.77. The van der Waals surface area contributed by atoms with Crippen LogP contribution < -0.4 is 10.6 Å². The lowest BCUT2D eigenvalue weighted by Gasteiger charge is -2.22. The average molecular weight is 310 g/mol. The molecule has 0 aliphatic heterocycles. The Morgan fingerprint density at radius 2 is 1.77 bits per heavy atom. The van der Waals surface area contributed by atoms with Gasteiger partial charge in [-0.2, -0.15) is 0 Å². The van der Waals surface area contributed by atoms with Crippen molar-refractivity contribution >= 4 is 6.09 Å². The third-order valence-corrected chi connectivity index (χ3v) is 4.85. The van der Waals surface area contributed by atoms with Gasteiger partial charge in [-0.15, -0.1) is 0 Å². The van der Waals surface area contributed by atoms with E-state index in [4.69, 9.17) is 4.74 Å². The molecule has 2 fully saturated rings. The summed E-state index contributed by atoms with van der Waals surface area (Å²) in [6, 6.07) is 0.825. The summed E-state index contributed by atoms with van der Waals surface area (Å²) < 4.78 is 5.32. The quantitative estimate of drug-likeness (QED) is 0.729. The molecule has 0 aromatic heterocycles. The number of hydrogen-bond donors (Lipinski definition) is 2. The first-order valence-electron chi connectivity index (χ1n) is 9.15. The smallest absolute Gasteiger partial charge is 0.407 e. The van der Waals surface area contributed by atoms with E-state index in [9.17, 15) is 4.79 Å². The van der Waals surface area contributed by atoms with E-state index in [2.05, 4.69) is 10.6 Å². The van der Waals surface area contributed by atoms with Crippen LogP contribution in [0, 0.1) is 5.92 Å². The highest BCUT2D eigenvalue weighted by Gasteiger charge is 2.27. The summed E-state index contributed by atoms with van der Waals surface area (Å²) in [4.78, 5) is 11.8. The molecule has 2 aliphatic rings. The maximum absolute atomic E-state index is 11.8. The molecule has 2 rings (SSSR count). The fraction of sp³-hybridized carbons (Fsp3) is 0.944. The highest BCUT2D eigenvalue weighted by molar-refractivity contribution is 5.68. The third-order valence-electron chi connectivity index (χ3n) is 4.85. The van der Waals surface area contributed by atoms with Gasteiger partial charge >= 0.3 is 6.09 Å². The Balaban J connectivity index is 1.54. The van der Waals surface area contributed by atoms with Crippen molar-refractivity contribution in [3.05, 3.63) is 0 Å². The molecule has 1 amide bonds. The lowest BCUT2D eigenvalue weighted by molar-refractivity contribution is 0.0505. The molecule has 2 N–H and O–H groups in total. The van der Waals surface area contributed by atoms with Crippen LogP contribution in [0.25, 0.3) is 0 Å². The number of carbonyl (C=O) groups is 1. The van der Waals surface area contributed by atoms with Gasteiger partial charge < -0.3 is 15.4 Å². The maximum atomic E-state index is 11.8. The summed E-state index contributed by atoms with van der Waals surface area (Å²) in [7, 11) is 0. The summed E-state index contributed by atoms with van der Waals surface area (Å²) in [6.45, 7) is 6.82. The number of carbonyl (C=O) groups excluding carboxylic acids is 1. The molecule has 2 saturated carbocycles. The van der Waals surface area contributed by atoms with Crippen LogP contribution in [0.3, 0.4) is 0 Å². The van der Waals surface area contributed by atoms with Crippen molar-refractivity contribution in [2.75, 3.05) is 6.54 Å². The Kier molecular flexibility index (Phi) is 6.54. The molecule has 0 aromatic carbocycles. The number of ether oxygens (including phenoxy) is 1. The lowest BCUT2D eigenvalue weighted by Crippen LogP contribution is -2.39. The minimum atomic E-state index is -0.416. The molecular formula is C18H34N2O2. The van der Waals surface area contributed by atoms with Crippen molar-refractivity contribution in [2.24, 2.45) is 5.92 Å². The normalized spacial score (nSPS) is 26.3. The molecule has 0 aromatic rings. The topological polar surface area (TPSA) is 50.4 Å². The van der Waals surface area contributed by atoms with Crippen molar-refractivity contribution in [3.8, 4) is 0 Å². The highest BCUT2D eigenvalue weighted by atomic mass is 16.6. The number of rotatable bonds is 6. The standard InChI is InChI=1S/C18H34N2O2/c1-18(2,3)22-17(21)20-16-11-10-15(13-16)19-12-6-9-14-7-4-5-8-14/h14-16,19H,4-13H2,1-3H3,(H,20,21). The molecule has 0 heterocycles. The number of alkyl carbamates (subject to hydrolysis) is 1. The van der Waals surface area contributed by atoms with Gasteiger partial charge in [-0.05, 0) is 65.3 Å². The van der Waals surface area contributed by atoms with E-state index in [1.807, 2.05) is 20.8 Å². The third kappa shape index (κ3) is 6.55. The molecule has 0 bridgehead atoms. The van der Waals surface area contributed by atoms with Gasteiger partial charge in [0.15, 0.2) is 0 Å². The minimum Gasteiger partial charge on any atom is -0.444 e. The number of amides is 1. The van der Waals surface area contributed by atoms with Gasteiger partial charge in [-0.25, -0.2) is 4.79 Å². The predicted octanol–water partition coefficient (Wildman–Crippen LogP) is 3.99. The van der Waals surface area contributed by atoms with Gasteiger partial charge in [-0.1, -0.05) is 25.7 Å². The van der Waals surface area contributed by atoms with Crippen molar-refractivity contribution in [1.29, 1.82) is 0 Å². The fourth-order valence-corrected chi connectivity index (χ4v) is 3.77. The van der Waals surface area contributed by atoms with Crippen LogP contribution in [-0.2, 0) is 4.74 Å². The molecule has 2 aliphatic carbocycles. The van der Waals surface area contributed by atoms with Crippen LogP contribution in [0.15, 0.2) is 0 Å². The Bertz CT molecular complexity index is 345. The zero-order valence-corrected chi connectivity index (χ0v) is 14.6. The van der Waals surface area contributed by atoms with E-state index in [0.29, 0.717) is 6.04 Å². The summed E-state index contributed by atoms with van der Waals surface area (Å²) in [6.07, 6.45) is 11.4. The van der Waals surface area contributed by atoms with E-state index in [0.717, 1.165) is 31.7 Å².